The van der Waals surface area contributed by atoms with Crippen LogP contribution in [0.4, 0.5) is 17.1 Å². The van der Waals surface area contributed by atoms with E-state index in [2.05, 4.69) is 5.32 Å². The summed E-state index contributed by atoms with van der Waals surface area (Å²) in [5.41, 5.74) is 6.13. The minimum atomic E-state index is -0.422. The van der Waals surface area contributed by atoms with Gasteiger partial charge in [-0.3, -0.25) is 10.1 Å². The molecular weight excluding hydrogens is 456 g/mol. The van der Waals surface area contributed by atoms with Crippen molar-refractivity contribution in [2.24, 2.45) is 0 Å². The number of nitrogens with zero attached hydrogens (tertiary/aromatic N) is 3. The SMILES string of the molecule is COc1ccc(-c2nc3cccc(Nc4ccc([N+](=O)[O-])cc4)c3nc2-c2ccc(OC)cc2)cc1. The Morgan fingerprint density at radius 1 is 0.722 bits per heavy atom. The first kappa shape index (κ1) is 22.8. The van der Waals surface area contributed by atoms with Crippen LogP contribution in [0.2, 0.25) is 0 Å². The van der Waals surface area contributed by atoms with Gasteiger partial charge in [0.15, 0.2) is 0 Å². The van der Waals surface area contributed by atoms with Crippen LogP contribution in [0.1, 0.15) is 0 Å². The van der Waals surface area contributed by atoms with Gasteiger partial charge in [0.2, 0.25) is 0 Å². The highest BCUT2D eigenvalue weighted by atomic mass is 16.6. The molecule has 0 saturated heterocycles. The van der Waals surface area contributed by atoms with Gasteiger partial charge in [0.25, 0.3) is 5.69 Å². The van der Waals surface area contributed by atoms with Crippen molar-refractivity contribution in [2.75, 3.05) is 19.5 Å². The standard InChI is InChI=1S/C28H22N4O4/c1-35-22-14-6-18(7-15-22)26-27(19-8-16-23(36-2)17-9-19)31-28-24(4-3-5-25(28)30-26)29-20-10-12-21(13-11-20)32(33)34/h3-17,29H,1-2H3. The number of hydrogen-bond acceptors (Lipinski definition) is 7. The number of ether oxygens (including phenoxy) is 2. The Morgan fingerprint density at radius 3 is 1.81 bits per heavy atom. The van der Waals surface area contributed by atoms with Crippen LogP contribution in [0, 0.1) is 10.1 Å². The van der Waals surface area contributed by atoms with Gasteiger partial charge in [0, 0.05) is 28.9 Å². The number of hydrogen-bond donors (Lipinski definition) is 1. The Kier molecular flexibility index (Phi) is 6.15. The van der Waals surface area contributed by atoms with Gasteiger partial charge >= 0.3 is 0 Å². The van der Waals surface area contributed by atoms with Crippen LogP contribution in [-0.2, 0) is 0 Å². The Balaban J connectivity index is 1.65. The Morgan fingerprint density at radius 2 is 1.28 bits per heavy atom. The summed E-state index contributed by atoms with van der Waals surface area (Å²) in [5.74, 6) is 1.51. The third kappa shape index (κ3) is 4.52. The van der Waals surface area contributed by atoms with E-state index in [0.29, 0.717) is 22.4 Å². The number of non-ortho nitro benzene ring substituents is 1. The third-order valence-electron chi connectivity index (χ3n) is 5.78. The van der Waals surface area contributed by atoms with Gasteiger partial charge in [-0.2, -0.15) is 0 Å². The third-order valence-corrected chi connectivity index (χ3v) is 5.78. The molecule has 4 aromatic carbocycles. The summed E-state index contributed by atoms with van der Waals surface area (Å²) in [4.78, 5) is 20.6. The van der Waals surface area contributed by atoms with Crippen LogP contribution >= 0.6 is 0 Å². The van der Waals surface area contributed by atoms with Gasteiger partial charge in [-0.1, -0.05) is 6.07 Å². The Hall–Kier alpha value is -4.98. The molecule has 0 bridgehead atoms. The highest BCUT2D eigenvalue weighted by Crippen LogP contribution is 2.35. The number of nitrogens with one attached hydrogen (secondary N) is 1. The largest absolute Gasteiger partial charge is 0.497 e. The number of anilines is 2. The van der Waals surface area contributed by atoms with Crippen molar-refractivity contribution < 1.29 is 14.4 Å². The number of benzene rings is 4. The number of methoxy groups -OCH3 is 2. The number of fused-ring (bicyclic) bond motifs is 1. The number of para-hydroxylation sites is 1. The first-order valence-electron chi connectivity index (χ1n) is 11.2. The predicted molar refractivity (Wildman–Crippen MR) is 140 cm³/mol. The second-order valence-electron chi connectivity index (χ2n) is 7.98. The fraction of sp³-hybridized carbons (Fsp3) is 0.0714. The van der Waals surface area contributed by atoms with Crippen molar-refractivity contribution in [3.05, 3.63) is 101 Å². The minimum Gasteiger partial charge on any atom is -0.497 e. The lowest BCUT2D eigenvalue weighted by Crippen LogP contribution is -1.99. The molecule has 36 heavy (non-hydrogen) atoms. The van der Waals surface area contributed by atoms with E-state index in [-0.39, 0.29) is 5.69 Å². The molecular formula is C28H22N4O4. The lowest BCUT2D eigenvalue weighted by Gasteiger charge is -2.14. The van der Waals surface area contributed by atoms with E-state index in [1.165, 1.54) is 12.1 Å². The molecule has 5 aromatic rings. The second-order valence-corrected chi connectivity index (χ2v) is 7.98. The monoisotopic (exact) mass is 478 g/mol. The maximum Gasteiger partial charge on any atom is 0.269 e. The summed E-state index contributed by atoms with van der Waals surface area (Å²) in [6.07, 6.45) is 0. The zero-order chi connectivity index (χ0) is 25.1. The maximum absolute atomic E-state index is 11.0. The van der Waals surface area contributed by atoms with E-state index in [4.69, 9.17) is 19.4 Å². The lowest BCUT2D eigenvalue weighted by molar-refractivity contribution is -0.384. The highest BCUT2D eigenvalue weighted by Gasteiger charge is 2.16. The molecule has 178 valence electrons. The number of nitro benzene ring substituents is 1. The number of rotatable bonds is 7. The topological polar surface area (TPSA) is 99.4 Å². The van der Waals surface area contributed by atoms with Crippen LogP contribution in [-0.4, -0.2) is 29.1 Å². The molecule has 5 rings (SSSR count). The van der Waals surface area contributed by atoms with Gasteiger partial charge in [0.05, 0.1) is 41.7 Å². The van der Waals surface area contributed by atoms with Gasteiger partial charge < -0.3 is 14.8 Å². The van der Waals surface area contributed by atoms with Gasteiger partial charge in [-0.25, -0.2) is 9.97 Å². The molecule has 0 fully saturated rings. The first-order valence-corrected chi connectivity index (χ1v) is 11.2. The van der Waals surface area contributed by atoms with Crippen molar-refractivity contribution in [1.29, 1.82) is 0 Å². The molecule has 0 aliphatic rings. The van der Waals surface area contributed by atoms with E-state index < -0.39 is 4.92 Å². The van der Waals surface area contributed by atoms with Crippen molar-refractivity contribution in [3.8, 4) is 34.0 Å². The molecule has 0 aliphatic heterocycles. The number of aromatic nitrogens is 2. The van der Waals surface area contributed by atoms with E-state index >= 15 is 0 Å². The molecule has 1 heterocycles. The molecule has 0 unspecified atom stereocenters. The van der Waals surface area contributed by atoms with Crippen LogP contribution in [0.3, 0.4) is 0 Å². The second kappa shape index (κ2) is 9.71. The van der Waals surface area contributed by atoms with E-state index in [1.807, 2.05) is 66.7 Å². The predicted octanol–water partition coefficient (Wildman–Crippen LogP) is 6.63. The molecule has 0 saturated carbocycles. The molecule has 0 amide bonds. The quantitative estimate of drug-likeness (QED) is 0.207. The maximum atomic E-state index is 11.0. The molecule has 8 nitrogen and oxygen atoms in total. The molecule has 0 radical (unpaired) electrons. The smallest absolute Gasteiger partial charge is 0.269 e. The summed E-state index contributed by atoms with van der Waals surface area (Å²) < 4.78 is 10.6. The number of nitro groups is 1. The summed E-state index contributed by atoms with van der Waals surface area (Å²) >= 11 is 0. The molecule has 8 heteroatoms. The van der Waals surface area contributed by atoms with Crippen molar-refractivity contribution in [1.82, 2.24) is 9.97 Å². The van der Waals surface area contributed by atoms with Gasteiger partial charge in [0.1, 0.15) is 17.0 Å². The summed E-state index contributed by atoms with van der Waals surface area (Å²) in [6, 6.07) is 27.4. The zero-order valence-corrected chi connectivity index (χ0v) is 19.6. The Labute approximate surface area is 207 Å². The van der Waals surface area contributed by atoms with E-state index in [1.54, 1.807) is 26.4 Å². The van der Waals surface area contributed by atoms with Crippen molar-refractivity contribution in [3.63, 3.8) is 0 Å². The first-order chi connectivity index (χ1) is 17.6. The molecule has 1 N–H and O–H groups in total. The molecule has 1 aromatic heterocycles. The average molecular weight is 479 g/mol. The minimum absolute atomic E-state index is 0.0317. The van der Waals surface area contributed by atoms with Crippen LogP contribution < -0.4 is 14.8 Å². The summed E-state index contributed by atoms with van der Waals surface area (Å²) in [7, 11) is 3.26. The van der Waals surface area contributed by atoms with Gasteiger partial charge in [-0.15, -0.1) is 0 Å². The molecule has 0 aliphatic carbocycles. The average Bonchev–Trinajstić information content (AvgIpc) is 2.93. The van der Waals surface area contributed by atoms with Gasteiger partial charge in [-0.05, 0) is 72.8 Å². The lowest BCUT2D eigenvalue weighted by atomic mass is 10.0. The molecule has 0 spiro atoms. The van der Waals surface area contributed by atoms with E-state index in [9.17, 15) is 10.1 Å². The van der Waals surface area contributed by atoms with Crippen LogP contribution in [0.15, 0.2) is 91.0 Å². The highest BCUT2D eigenvalue weighted by molar-refractivity contribution is 5.94. The normalized spacial score (nSPS) is 10.7. The molecule has 0 atom stereocenters. The fourth-order valence-electron chi connectivity index (χ4n) is 3.90. The van der Waals surface area contributed by atoms with Crippen LogP contribution in [0.25, 0.3) is 33.5 Å². The van der Waals surface area contributed by atoms with Crippen LogP contribution in [0.5, 0.6) is 11.5 Å². The van der Waals surface area contributed by atoms with Crippen molar-refractivity contribution >= 4 is 28.1 Å². The van der Waals surface area contributed by atoms with E-state index in [0.717, 1.165) is 34.0 Å². The Bertz CT molecular complexity index is 1530. The summed E-state index contributed by atoms with van der Waals surface area (Å²) in [5, 5.41) is 14.3. The summed E-state index contributed by atoms with van der Waals surface area (Å²) in [6.45, 7) is 0. The van der Waals surface area contributed by atoms with Crippen molar-refractivity contribution in [2.45, 2.75) is 0 Å². The zero-order valence-electron chi connectivity index (χ0n) is 19.6. The fourth-order valence-corrected chi connectivity index (χ4v) is 3.90.